The van der Waals surface area contributed by atoms with E-state index in [9.17, 15) is 4.79 Å². The molecule has 0 saturated heterocycles. The minimum absolute atomic E-state index is 0.487. The third-order valence-corrected chi connectivity index (χ3v) is 3.25. The Bertz CT molecular complexity index is 552. The van der Waals surface area contributed by atoms with Gasteiger partial charge in [-0.2, -0.15) is 0 Å². The number of halogens is 1. The fraction of sp³-hybridized carbons (Fsp3) is 0.231. The highest BCUT2D eigenvalue weighted by atomic mass is 79.9. The van der Waals surface area contributed by atoms with Crippen LogP contribution in [0.3, 0.4) is 0 Å². The lowest BCUT2D eigenvalue weighted by molar-refractivity contribution is 0.111. The van der Waals surface area contributed by atoms with Crippen molar-refractivity contribution in [3.63, 3.8) is 0 Å². The normalized spacial score (nSPS) is 10.3. The molecule has 1 heterocycles. The van der Waals surface area contributed by atoms with E-state index in [2.05, 4.69) is 20.9 Å². The molecule has 2 rings (SSSR count). The fourth-order valence-corrected chi connectivity index (χ4v) is 2.15. The molecule has 0 N–H and O–H groups in total. The number of hydrogen-bond acceptors (Lipinski definition) is 3. The van der Waals surface area contributed by atoms with Crippen molar-refractivity contribution in [3.05, 3.63) is 46.5 Å². The number of carbonyl (C=O) groups is 1. The maximum Gasteiger partial charge on any atom is 0.153 e. The molecule has 0 spiro atoms. The minimum atomic E-state index is 0.487. The minimum Gasteiger partial charge on any atom is -0.490 e. The molecule has 0 fully saturated rings. The van der Waals surface area contributed by atoms with E-state index in [1.165, 1.54) is 0 Å². The molecule has 1 aromatic heterocycles. The third kappa shape index (κ3) is 2.79. The summed E-state index contributed by atoms with van der Waals surface area (Å²) in [7, 11) is 0. The van der Waals surface area contributed by atoms with Gasteiger partial charge in [-0.05, 0) is 35.0 Å². The van der Waals surface area contributed by atoms with Crippen LogP contribution in [0.5, 0.6) is 5.75 Å². The summed E-state index contributed by atoms with van der Waals surface area (Å²) in [6.07, 6.45) is 4.45. The molecule has 4 nitrogen and oxygen atoms in total. The van der Waals surface area contributed by atoms with Crippen molar-refractivity contribution in [2.45, 2.75) is 13.5 Å². The smallest absolute Gasteiger partial charge is 0.153 e. The molecule has 0 aliphatic rings. The van der Waals surface area contributed by atoms with Gasteiger partial charge < -0.3 is 9.30 Å². The Morgan fingerprint density at radius 1 is 1.50 bits per heavy atom. The number of hydrogen-bond donors (Lipinski definition) is 0. The van der Waals surface area contributed by atoms with Crippen LogP contribution in [0.15, 0.2) is 35.1 Å². The molecule has 0 radical (unpaired) electrons. The van der Waals surface area contributed by atoms with Crippen LogP contribution < -0.4 is 4.74 Å². The highest BCUT2D eigenvalue weighted by molar-refractivity contribution is 9.10. The quantitative estimate of drug-likeness (QED) is 0.798. The van der Waals surface area contributed by atoms with Gasteiger partial charge >= 0.3 is 0 Å². The molecular formula is C13H13BrN2O2. The molecule has 18 heavy (non-hydrogen) atoms. The maximum atomic E-state index is 10.9. The van der Waals surface area contributed by atoms with E-state index in [-0.39, 0.29) is 0 Å². The van der Waals surface area contributed by atoms with Crippen molar-refractivity contribution >= 4 is 22.2 Å². The van der Waals surface area contributed by atoms with E-state index in [0.29, 0.717) is 24.5 Å². The molecule has 0 amide bonds. The van der Waals surface area contributed by atoms with Gasteiger partial charge in [0.25, 0.3) is 0 Å². The van der Waals surface area contributed by atoms with Gasteiger partial charge in [0, 0.05) is 12.4 Å². The Morgan fingerprint density at radius 2 is 2.33 bits per heavy atom. The van der Waals surface area contributed by atoms with E-state index in [1.54, 1.807) is 18.3 Å². The monoisotopic (exact) mass is 308 g/mol. The summed E-state index contributed by atoms with van der Waals surface area (Å²) in [5.41, 5.74) is 0.548. The first kappa shape index (κ1) is 12.8. The van der Waals surface area contributed by atoms with Gasteiger partial charge in [0.1, 0.15) is 18.2 Å². The summed E-state index contributed by atoms with van der Waals surface area (Å²) in [5, 5.41) is 0. The number of rotatable bonds is 5. The van der Waals surface area contributed by atoms with Crippen LogP contribution >= 0.6 is 15.9 Å². The molecule has 2 aromatic rings. The van der Waals surface area contributed by atoms with Crippen LogP contribution in [-0.4, -0.2) is 22.4 Å². The van der Waals surface area contributed by atoms with E-state index in [1.807, 2.05) is 23.8 Å². The predicted octanol–water partition coefficient (Wildman–Crippen LogP) is 2.85. The first-order valence-electron chi connectivity index (χ1n) is 5.56. The van der Waals surface area contributed by atoms with Crippen LogP contribution in [0.4, 0.5) is 0 Å². The van der Waals surface area contributed by atoms with Crippen LogP contribution in [0.1, 0.15) is 16.2 Å². The number of aldehydes is 1. The summed E-state index contributed by atoms with van der Waals surface area (Å²) in [6.45, 7) is 3.13. The number of nitrogens with zero attached hydrogens (tertiary/aromatic N) is 2. The molecule has 0 unspecified atom stereocenters. The van der Waals surface area contributed by atoms with Crippen molar-refractivity contribution < 1.29 is 9.53 Å². The molecule has 5 heteroatoms. The number of ether oxygens (including phenoxy) is 1. The van der Waals surface area contributed by atoms with Gasteiger partial charge in [0.2, 0.25) is 0 Å². The summed E-state index contributed by atoms with van der Waals surface area (Å²) in [4.78, 5) is 15.0. The van der Waals surface area contributed by atoms with Crippen molar-refractivity contribution in [3.8, 4) is 5.75 Å². The Balaban J connectivity index is 2.02. The summed E-state index contributed by atoms with van der Waals surface area (Å²) in [6, 6.07) is 5.39. The fourth-order valence-electron chi connectivity index (χ4n) is 1.66. The molecule has 0 saturated carbocycles. The highest BCUT2D eigenvalue weighted by Gasteiger charge is 2.07. The van der Waals surface area contributed by atoms with Crippen molar-refractivity contribution in [2.24, 2.45) is 0 Å². The first-order valence-corrected chi connectivity index (χ1v) is 6.36. The zero-order chi connectivity index (χ0) is 13.0. The van der Waals surface area contributed by atoms with E-state index < -0.39 is 0 Å². The molecule has 1 aromatic carbocycles. The van der Waals surface area contributed by atoms with E-state index >= 15 is 0 Å². The second-order valence-electron chi connectivity index (χ2n) is 3.79. The molecule has 0 aliphatic heterocycles. The van der Waals surface area contributed by atoms with Crippen LogP contribution in [0, 0.1) is 6.92 Å². The summed E-state index contributed by atoms with van der Waals surface area (Å²) < 4.78 is 8.44. The third-order valence-electron chi connectivity index (χ3n) is 2.63. The zero-order valence-electron chi connectivity index (χ0n) is 9.97. The van der Waals surface area contributed by atoms with Gasteiger partial charge in [-0.15, -0.1) is 0 Å². The molecule has 0 aliphatic carbocycles. The number of benzene rings is 1. The van der Waals surface area contributed by atoms with Gasteiger partial charge in [0.15, 0.2) is 6.29 Å². The van der Waals surface area contributed by atoms with Crippen molar-refractivity contribution in [1.82, 2.24) is 9.55 Å². The SMILES string of the molecule is Cc1nccn1CCOc1c(Br)cccc1C=O. The Hall–Kier alpha value is -1.62. The largest absolute Gasteiger partial charge is 0.490 e. The molecule has 0 atom stereocenters. The van der Waals surface area contributed by atoms with Gasteiger partial charge in [0.05, 0.1) is 16.6 Å². The number of imidazole rings is 1. The molecular weight excluding hydrogens is 296 g/mol. The number of aromatic nitrogens is 2. The van der Waals surface area contributed by atoms with Crippen molar-refractivity contribution in [1.29, 1.82) is 0 Å². The Kier molecular flexibility index (Phi) is 4.15. The van der Waals surface area contributed by atoms with Gasteiger partial charge in [-0.3, -0.25) is 4.79 Å². The standard InChI is InChI=1S/C13H13BrN2O2/c1-10-15-5-6-16(10)7-8-18-13-11(9-17)3-2-4-12(13)14/h2-6,9H,7-8H2,1H3. The van der Waals surface area contributed by atoms with Gasteiger partial charge in [-0.1, -0.05) is 6.07 Å². The maximum absolute atomic E-state index is 10.9. The highest BCUT2D eigenvalue weighted by Crippen LogP contribution is 2.27. The zero-order valence-corrected chi connectivity index (χ0v) is 11.6. The predicted molar refractivity (Wildman–Crippen MR) is 72.0 cm³/mol. The first-order chi connectivity index (χ1) is 8.72. The van der Waals surface area contributed by atoms with Crippen LogP contribution in [0.2, 0.25) is 0 Å². The number of carbonyl (C=O) groups excluding carboxylic acids is 1. The van der Waals surface area contributed by atoms with Crippen LogP contribution in [-0.2, 0) is 6.54 Å². The lowest BCUT2D eigenvalue weighted by atomic mass is 10.2. The topological polar surface area (TPSA) is 44.1 Å². The molecule has 0 bridgehead atoms. The van der Waals surface area contributed by atoms with Crippen LogP contribution in [0.25, 0.3) is 0 Å². The number of aryl methyl sites for hydroxylation is 1. The average Bonchev–Trinajstić information content (AvgIpc) is 2.77. The summed E-state index contributed by atoms with van der Waals surface area (Å²) >= 11 is 3.38. The van der Waals surface area contributed by atoms with E-state index in [0.717, 1.165) is 16.6 Å². The lowest BCUT2D eigenvalue weighted by Crippen LogP contribution is -2.10. The Labute approximate surface area is 114 Å². The summed E-state index contributed by atoms with van der Waals surface area (Å²) in [5.74, 6) is 1.53. The van der Waals surface area contributed by atoms with E-state index in [4.69, 9.17) is 4.74 Å². The Morgan fingerprint density at radius 3 is 3.00 bits per heavy atom. The lowest BCUT2D eigenvalue weighted by Gasteiger charge is -2.11. The van der Waals surface area contributed by atoms with Gasteiger partial charge in [-0.25, -0.2) is 4.98 Å². The number of para-hydroxylation sites is 1. The van der Waals surface area contributed by atoms with Crippen molar-refractivity contribution in [2.75, 3.05) is 6.61 Å². The molecule has 94 valence electrons. The second-order valence-corrected chi connectivity index (χ2v) is 4.65. The second kappa shape index (κ2) is 5.82. The average molecular weight is 309 g/mol.